The normalized spacial score (nSPS) is 41.6. The number of carboxylic acid groups (broad SMARTS) is 3. The van der Waals surface area contributed by atoms with E-state index in [2.05, 4.69) is 5.32 Å². The van der Waals surface area contributed by atoms with Gasteiger partial charge in [-0.05, 0) is 0 Å². The minimum atomic E-state index is -2.76. The van der Waals surface area contributed by atoms with Gasteiger partial charge in [-0.15, -0.1) is 0 Å². The summed E-state index contributed by atoms with van der Waals surface area (Å²) >= 11 is 0. The Kier molecular flexibility index (Phi) is 28.7. The Morgan fingerprint density at radius 3 is 1.71 bits per heavy atom. The van der Waals surface area contributed by atoms with E-state index in [9.17, 15) is 100 Å². The third kappa shape index (κ3) is 16.7. The summed E-state index contributed by atoms with van der Waals surface area (Å²) in [6.07, 6.45) is -51.9. The molecule has 0 aromatic rings. The quantitative estimate of drug-likeness (QED) is 0.0229. The van der Waals surface area contributed by atoms with Crippen molar-refractivity contribution in [2.75, 3.05) is 33.0 Å². The van der Waals surface area contributed by atoms with Crippen molar-refractivity contribution >= 4 is 36.4 Å². The molecule has 37 heteroatoms. The molecule has 35 nitrogen and oxygen atoms in total. The summed E-state index contributed by atoms with van der Waals surface area (Å²) in [5, 5.41) is 165. The summed E-state index contributed by atoms with van der Waals surface area (Å²) in [5.41, 5.74) is 5.38. The van der Waals surface area contributed by atoms with Gasteiger partial charge >= 0.3 is 65.1 Å². The number of rotatable bonds is 25. The maximum atomic E-state index is 12.6. The van der Waals surface area contributed by atoms with E-state index in [4.69, 9.17) is 67.7 Å². The number of carboxylic acids is 3. The van der Waals surface area contributed by atoms with Crippen molar-refractivity contribution in [1.29, 1.82) is 0 Å². The fourth-order valence-electron chi connectivity index (χ4n) is 8.55. The average molecular weight is 1160 g/mol. The van der Waals surface area contributed by atoms with E-state index < -0.39 is 229 Å². The number of carbonyl (C=O) groups excluding carboxylic acids is 5. The van der Waals surface area contributed by atoms with Crippen LogP contribution in [0.2, 0.25) is 0 Å². The molecule has 78 heavy (non-hydrogen) atoms. The first kappa shape index (κ1) is 70.5. The minimum absolute atomic E-state index is 0. The van der Waals surface area contributed by atoms with Crippen molar-refractivity contribution < 1.29 is 221 Å². The second-order valence-corrected chi connectivity index (χ2v) is 18.0. The van der Waals surface area contributed by atoms with E-state index in [1.54, 1.807) is 0 Å². The van der Waals surface area contributed by atoms with Crippen LogP contribution < -0.4 is 80.4 Å². The van der Waals surface area contributed by atoms with Crippen LogP contribution in [0.3, 0.4) is 0 Å². The maximum absolute atomic E-state index is 12.6. The number of aldehydes is 2. The number of aliphatic hydroxyl groups excluding tert-OH is 12. The summed E-state index contributed by atoms with van der Waals surface area (Å²) in [6.45, 7) is -2.41. The van der Waals surface area contributed by atoms with Crippen LogP contribution in [0.15, 0.2) is 0 Å². The van der Waals surface area contributed by atoms with Crippen molar-refractivity contribution in [2.24, 2.45) is 11.7 Å². The zero-order valence-electron chi connectivity index (χ0n) is 41.9. The SMILES string of the molecule is CC(=O)NC1C(OC(C=O)C(OC(C=O)OC2C(O)C(CO)OC(OC3C(O)C(CO)OC(OC4COC(OCC(N)C(=O)O)C(O)C4O)C3O)C2O)C(=O)[O-])OC(CO)C(OC2OC(C(=O)[O-])C(C)C(O)C2O)C1O.[Na+].[Na+]. The Hall–Kier alpha value is -1.78. The van der Waals surface area contributed by atoms with Crippen molar-refractivity contribution in [1.82, 2.24) is 5.32 Å². The number of aliphatic hydroxyl groups is 12. The van der Waals surface area contributed by atoms with E-state index in [-0.39, 0.29) is 71.7 Å². The molecule has 0 aromatic carbocycles. The Morgan fingerprint density at radius 2 is 1.18 bits per heavy atom. The van der Waals surface area contributed by atoms with Gasteiger partial charge in [-0.1, -0.05) is 6.92 Å². The number of ether oxygens (including phenoxy) is 12. The second kappa shape index (κ2) is 31.8. The first-order valence-corrected chi connectivity index (χ1v) is 23.1. The Balaban J connectivity index is 0.00000800. The number of nitrogens with two attached hydrogens (primary N) is 1. The van der Waals surface area contributed by atoms with Gasteiger partial charge in [0.2, 0.25) is 12.2 Å². The van der Waals surface area contributed by atoms with E-state index in [1.165, 1.54) is 6.92 Å². The van der Waals surface area contributed by atoms with Crippen LogP contribution in [0, 0.1) is 5.92 Å². The molecule has 0 saturated carbocycles. The van der Waals surface area contributed by atoms with E-state index in [1.807, 2.05) is 0 Å². The van der Waals surface area contributed by atoms with Gasteiger partial charge in [0.25, 0.3) is 0 Å². The molecule has 0 bridgehead atoms. The zero-order chi connectivity index (χ0) is 56.6. The number of amides is 1. The van der Waals surface area contributed by atoms with E-state index in [0.29, 0.717) is 0 Å². The number of nitrogens with one attached hydrogen (secondary N) is 1. The van der Waals surface area contributed by atoms with Crippen LogP contribution in [0.5, 0.6) is 0 Å². The zero-order valence-corrected chi connectivity index (χ0v) is 45.9. The number of hydrogen-bond acceptors (Lipinski definition) is 33. The van der Waals surface area contributed by atoms with Crippen LogP contribution >= 0.6 is 0 Å². The molecular weight excluding hydrogens is 1090 g/mol. The standard InChI is InChI=1S/C41H64N2O33.2Na/c1-10-20(50)25(55)39(74-29(10)35(61)62)75-30-15(5-46)69-37(19(24(30)54)43-11(2)49)70-16(6-47)31(36(63)64)72-18(7-48)73-32-22(52)13(3-44)68-41(27(32)57)76-33-23(53)14(4-45)67-40(28(33)58)71-17-9-66-38(26(56)21(17)51)65-8-12(42)34(59)60;;/h6-7,10,12-33,37-41,44-46,50-58H,3-5,8-9,42H2,1-2H3,(H,43,49)(H,59,60)(H,61,62)(H,63,64);;/q;2*+1/p-2. The molecule has 436 valence electrons. The molecule has 5 aliphatic heterocycles. The predicted octanol–water partition coefficient (Wildman–Crippen LogP) is -20.4. The largest absolute Gasteiger partial charge is 1.00 e. The molecule has 28 unspecified atom stereocenters. The third-order valence-electron chi connectivity index (χ3n) is 12.7. The Morgan fingerprint density at radius 1 is 0.654 bits per heavy atom. The fraction of sp³-hybridized carbons (Fsp3) is 0.854. The molecule has 5 saturated heterocycles. The van der Waals surface area contributed by atoms with Gasteiger partial charge in [-0.25, -0.2) is 0 Å². The minimum Gasteiger partial charge on any atom is -0.547 e. The molecule has 28 atom stereocenters. The van der Waals surface area contributed by atoms with Crippen LogP contribution in [0.1, 0.15) is 13.8 Å². The van der Waals surface area contributed by atoms with Gasteiger partial charge in [-0.3, -0.25) is 14.4 Å². The molecule has 5 heterocycles. The van der Waals surface area contributed by atoms with Gasteiger partial charge in [-0.2, -0.15) is 0 Å². The summed E-state index contributed by atoms with van der Waals surface area (Å²) in [5.74, 6) is -7.80. The topological polar surface area (TPSA) is 560 Å². The van der Waals surface area contributed by atoms with Crippen LogP contribution in [0.25, 0.3) is 0 Å². The maximum Gasteiger partial charge on any atom is 1.00 e. The van der Waals surface area contributed by atoms with Gasteiger partial charge in [0.1, 0.15) is 122 Å². The number of carbonyl (C=O) groups is 6. The number of hydrogen-bond donors (Lipinski definition) is 15. The molecule has 0 aliphatic carbocycles. The Bertz CT molecular complexity index is 1940. The molecule has 0 radical (unpaired) electrons. The monoisotopic (exact) mass is 1160 g/mol. The first-order valence-electron chi connectivity index (χ1n) is 23.1. The van der Waals surface area contributed by atoms with E-state index in [0.717, 1.165) is 6.92 Å². The first-order chi connectivity index (χ1) is 35.8. The van der Waals surface area contributed by atoms with Gasteiger partial charge < -0.3 is 159 Å². The average Bonchev–Trinajstić information content (AvgIpc) is 3.37. The predicted molar refractivity (Wildman–Crippen MR) is 223 cm³/mol. The second-order valence-electron chi connectivity index (χ2n) is 18.0. The smallest absolute Gasteiger partial charge is 0.547 e. The van der Waals surface area contributed by atoms with E-state index >= 15 is 0 Å². The molecule has 5 fully saturated rings. The number of aliphatic carboxylic acids is 3. The van der Waals surface area contributed by atoms with Gasteiger partial charge in [0.15, 0.2) is 44.0 Å². The van der Waals surface area contributed by atoms with Crippen LogP contribution in [-0.2, 0) is 85.6 Å². The molecule has 5 rings (SSSR count). The summed E-state index contributed by atoms with van der Waals surface area (Å²) in [6, 6.07) is -3.44. The molecule has 16 N–H and O–H groups in total. The third-order valence-corrected chi connectivity index (χ3v) is 12.7. The van der Waals surface area contributed by atoms with Crippen LogP contribution in [-0.4, -0.2) is 302 Å². The molecule has 0 spiro atoms. The van der Waals surface area contributed by atoms with Gasteiger partial charge in [0.05, 0.1) is 51.1 Å². The van der Waals surface area contributed by atoms with Crippen molar-refractivity contribution in [3.63, 3.8) is 0 Å². The molecule has 5 aliphatic rings. The summed E-state index contributed by atoms with van der Waals surface area (Å²) in [4.78, 5) is 72.5. The molecule has 0 aromatic heterocycles. The molecular formula is C41H62N2Na2O33. The Labute approximate surface area is 484 Å². The molecule has 1 amide bonds. The fourth-order valence-corrected chi connectivity index (χ4v) is 8.55. The van der Waals surface area contributed by atoms with Crippen molar-refractivity contribution in [3.05, 3.63) is 0 Å². The van der Waals surface area contributed by atoms with Gasteiger partial charge in [0, 0.05) is 12.8 Å². The van der Waals surface area contributed by atoms with Crippen molar-refractivity contribution in [2.45, 2.75) is 180 Å². The summed E-state index contributed by atoms with van der Waals surface area (Å²) < 4.78 is 65.1. The van der Waals surface area contributed by atoms with Crippen LogP contribution in [0.4, 0.5) is 0 Å². The summed E-state index contributed by atoms with van der Waals surface area (Å²) in [7, 11) is 0. The van der Waals surface area contributed by atoms with Crippen molar-refractivity contribution in [3.8, 4) is 0 Å².